The number of hydrogen-bond acceptors (Lipinski definition) is 7. The van der Waals surface area contributed by atoms with Crippen molar-refractivity contribution in [1.29, 1.82) is 0 Å². The Kier molecular flexibility index (Phi) is 4.55. The molecule has 0 unspecified atom stereocenters. The third kappa shape index (κ3) is 3.38. The molecule has 0 radical (unpaired) electrons. The Morgan fingerprint density at radius 3 is 2.71 bits per heavy atom. The number of hydrogen-bond donors (Lipinski definition) is 0. The lowest BCUT2D eigenvalue weighted by atomic mass is 10.1. The summed E-state index contributed by atoms with van der Waals surface area (Å²) in [6.07, 6.45) is 0.844. The quantitative estimate of drug-likeness (QED) is 0.358. The van der Waals surface area contributed by atoms with E-state index >= 15 is 0 Å². The molecule has 0 aromatic heterocycles. The van der Waals surface area contributed by atoms with Crippen LogP contribution in [-0.4, -0.2) is 32.1 Å². The molecule has 0 saturated heterocycles. The Balaban J connectivity index is 2.19. The van der Waals surface area contributed by atoms with E-state index in [0.29, 0.717) is 6.61 Å². The van der Waals surface area contributed by atoms with E-state index in [1.807, 2.05) is 24.3 Å². The van der Waals surface area contributed by atoms with Crippen molar-refractivity contribution >= 4 is 17.8 Å². The fraction of sp³-hybridized carbons (Fsp3) is 0.214. The minimum Gasteiger partial charge on any atom is -0.470 e. The lowest BCUT2D eigenvalue weighted by molar-refractivity contribution is -0.142. The van der Waals surface area contributed by atoms with Gasteiger partial charge in [0, 0.05) is 11.1 Å². The lowest BCUT2D eigenvalue weighted by Gasteiger charge is -2.03. The fourth-order valence-electron chi connectivity index (χ4n) is 1.63. The zero-order valence-corrected chi connectivity index (χ0v) is 11.5. The van der Waals surface area contributed by atoms with Crippen molar-refractivity contribution in [3.05, 3.63) is 47.2 Å². The number of benzene rings is 1. The van der Waals surface area contributed by atoms with Gasteiger partial charge in [-0.05, 0) is 11.2 Å². The molecule has 1 aromatic carbocycles. The van der Waals surface area contributed by atoms with Crippen LogP contribution in [0.5, 0.6) is 0 Å². The van der Waals surface area contributed by atoms with E-state index < -0.39 is 17.7 Å². The van der Waals surface area contributed by atoms with Crippen molar-refractivity contribution < 1.29 is 28.6 Å². The fourth-order valence-corrected chi connectivity index (χ4v) is 1.63. The molecule has 21 heavy (non-hydrogen) atoms. The molecule has 1 heterocycles. The molecule has 0 fully saturated rings. The Labute approximate surface area is 120 Å². The van der Waals surface area contributed by atoms with E-state index in [-0.39, 0.29) is 5.90 Å². The number of rotatable bonds is 4. The molecule has 0 bridgehead atoms. The molecule has 110 valence electrons. The Hall–Kier alpha value is -2.83. The highest BCUT2D eigenvalue weighted by atomic mass is 16.7. The summed E-state index contributed by atoms with van der Waals surface area (Å²) in [5.74, 6) is -1.78. The summed E-state index contributed by atoms with van der Waals surface area (Å²) in [5.41, 5.74) is 1.72. The van der Waals surface area contributed by atoms with Crippen molar-refractivity contribution in [3.8, 4) is 0 Å². The largest absolute Gasteiger partial charge is 0.470 e. The van der Waals surface area contributed by atoms with Crippen molar-refractivity contribution in [1.82, 2.24) is 0 Å². The number of oxime groups is 1. The monoisotopic (exact) mass is 291 g/mol. The van der Waals surface area contributed by atoms with Gasteiger partial charge in [0.1, 0.15) is 6.61 Å². The maximum atomic E-state index is 11.5. The van der Waals surface area contributed by atoms with Crippen LogP contribution in [0.3, 0.4) is 0 Å². The average molecular weight is 291 g/mol. The molecular formula is C14H13NO6. The molecule has 0 atom stereocenters. The van der Waals surface area contributed by atoms with Gasteiger partial charge in [-0.15, -0.1) is 0 Å². The van der Waals surface area contributed by atoms with Crippen molar-refractivity contribution in [2.24, 2.45) is 5.16 Å². The van der Waals surface area contributed by atoms with Gasteiger partial charge in [0.15, 0.2) is 0 Å². The first kappa shape index (κ1) is 14.6. The number of carbonyl (C=O) groups excluding carboxylic acids is 2. The van der Waals surface area contributed by atoms with E-state index in [9.17, 15) is 9.59 Å². The smallest absolute Gasteiger partial charge is 0.377 e. The molecule has 0 aliphatic carbocycles. The van der Waals surface area contributed by atoms with Crippen LogP contribution in [0, 0.1) is 0 Å². The SMILES string of the molecule is COC(=O)/C=C(/O/N=C1\OCc2ccccc21)C(=O)OC. The second kappa shape index (κ2) is 6.56. The summed E-state index contributed by atoms with van der Waals surface area (Å²) in [6.45, 7) is 0.368. The van der Waals surface area contributed by atoms with Gasteiger partial charge in [-0.25, -0.2) is 9.59 Å². The third-order valence-corrected chi connectivity index (χ3v) is 2.68. The Morgan fingerprint density at radius 2 is 2.00 bits per heavy atom. The van der Waals surface area contributed by atoms with Crippen molar-refractivity contribution in [3.63, 3.8) is 0 Å². The van der Waals surface area contributed by atoms with Crippen molar-refractivity contribution in [2.75, 3.05) is 14.2 Å². The van der Waals surface area contributed by atoms with Gasteiger partial charge in [-0.3, -0.25) is 0 Å². The van der Waals surface area contributed by atoms with Gasteiger partial charge in [-0.2, -0.15) is 0 Å². The third-order valence-electron chi connectivity index (χ3n) is 2.68. The number of ether oxygens (including phenoxy) is 3. The molecule has 7 heteroatoms. The molecular weight excluding hydrogens is 278 g/mol. The first-order valence-corrected chi connectivity index (χ1v) is 5.99. The van der Waals surface area contributed by atoms with E-state index in [4.69, 9.17) is 9.57 Å². The van der Waals surface area contributed by atoms with Crippen LogP contribution in [0.1, 0.15) is 11.1 Å². The van der Waals surface area contributed by atoms with Crippen LogP contribution in [0.15, 0.2) is 41.3 Å². The number of fused-ring (bicyclic) bond motifs is 1. The molecule has 1 aromatic rings. The molecule has 2 rings (SSSR count). The van der Waals surface area contributed by atoms with E-state index in [0.717, 1.165) is 24.3 Å². The summed E-state index contributed by atoms with van der Waals surface area (Å²) in [7, 11) is 2.33. The highest BCUT2D eigenvalue weighted by Gasteiger charge is 2.21. The van der Waals surface area contributed by atoms with E-state index in [1.54, 1.807) is 0 Å². The van der Waals surface area contributed by atoms with Gasteiger partial charge in [-0.1, -0.05) is 18.2 Å². The molecule has 0 spiro atoms. The summed E-state index contributed by atoms with van der Waals surface area (Å²) in [4.78, 5) is 27.6. The zero-order valence-electron chi connectivity index (χ0n) is 11.5. The highest BCUT2D eigenvalue weighted by molar-refractivity contribution is 5.98. The number of esters is 2. The molecule has 1 aliphatic heterocycles. The maximum absolute atomic E-state index is 11.5. The van der Waals surface area contributed by atoms with Crippen LogP contribution in [-0.2, 0) is 35.2 Å². The number of methoxy groups -OCH3 is 2. The van der Waals surface area contributed by atoms with E-state index in [1.165, 1.54) is 7.11 Å². The predicted molar refractivity (Wildman–Crippen MR) is 71.0 cm³/mol. The minimum atomic E-state index is -0.851. The highest BCUT2D eigenvalue weighted by Crippen LogP contribution is 2.20. The second-order valence-corrected chi connectivity index (χ2v) is 3.96. The van der Waals surface area contributed by atoms with Crippen LogP contribution in [0.2, 0.25) is 0 Å². The van der Waals surface area contributed by atoms with Crippen LogP contribution in [0.25, 0.3) is 0 Å². The topological polar surface area (TPSA) is 83.4 Å². The summed E-state index contributed by atoms with van der Waals surface area (Å²) in [6, 6.07) is 7.41. The van der Waals surface area contributed by atoms with Crippen LogP contribution < -0.4 is 0 Å². The molecule has 1 aliphatic rings. The summed E-state index contributed by atoms with van der Waals surface area (Å²) < 4.78 is 14.3. The van der Waals surface area contributed by atoms with Gasteiger partial charge in [0.25, 0.3) is 5.90 Å². The van der Waals surface area contributed by atoms with Gasteiger partial charge in [0.05, 0.1) is 20.3 Å². The first-order chi connectivity index (χ1) is 10.2. The summed E-state index contributed by atoms with van der Waals surface area (Å²) >= 11 is 0. The van der Waals surface area contributed by atoms with Gasteiger partial charge >= 0.3 is 11.9 Å². The van der Waals surface area contributed by atoms with Crippen LogP contribution >= 0.6 is 0 Å². The summed E-state index contributed by atoms with van der Waals surface area (Å²) in [5, 5.41) is 3.74. The normalized spacial score (nSPS) is 15.1. The predicted octanol–water partition coefficient (Wildman–Crippen LogP) is 1.12. The first-order valence-electron chi connectivity index (χ1n) is 5.99. The molecule has 0 amide bonds. The zero-order chi connectivity index (χ0) is 15.2. The maximum Gasteiger partial charge on any atom is 0.377 e. The van der Waals surface area contributed by atoms with E-state index in [2.05, 4.69) is 14.6 Å². The Morgan fingerprint density at radius 1 is 1.24 bits per heavy atom. The van der Waals surface area contributed by atoms with Gasteiger partial charge in [0.2, 0.25) is 5.76 Å². The molecule has 0 saturated carbocycles. The molecule has 0 N–H and O–H groups in total. The number of carbonyl (C=O) groups is 2. The minimum absolute atomic E-state index is 0.227. The average Bonchev–Trinajstić information content (AvgIpc) is 2.93. The standard InChI is InChI=1S/C14H13NO6/c1-18-12(16)7-11(14(17)19-2)21-15-13-10-6-4-3-5-9(10)8-20-13/h3-7H,8H2,1-2H3/b11-7+,15-13-. The van der Waals surface area contributed by atoms with Crippen molar-refractivity contribution in [2.45, 2.75) is 6.61 Å². The molecule has 7 nitrogen and oxygen atoms in total. The second-order valence-electron chi connectivity index (χ2n) is 3.96. The lowest BCUT2D eigenvalue weighted by Crippen LogP contribution is -2.10. The van der Waals surface area contributed by atoms with Gasteiger partial charge < -0.3 is 19.0 Å². The van der Waals surface area contributed by atoms with Crippen LogP contribution in [0.4, 0.5) is 0 Å². The number of nitrogens with zero attached hydrogens (tertiary/aromatic N) is 1. The Bertz CT molecular complexity index is 620.